The van der Waals surface area contributed by atoms with Crippen molar-refractivity contribution in [2.24, 2.45) is 0 Å². The number of nitrogens with zero attached hydrogens (tertiary/aromatic N) is 1. The third kappa shape index (κ3) is 3.82. The molecule has 2 rings (SSSR count). The van der Waals surface area contributed by atoms with Gasteiger partial charge in [-0.15, -0.1) is 0 Å². The van der Waals surface area contributed by atoms with E-state index < -0.39 is 11.5 Å². The molecule has 1 heterocycles. The van der Waals surface area contributed by atoms with Gasteiger partial charge in [-0.3, -0.25) is 9.59 Å². The number of ether oxygens (including phenoxy) is 1. The molecule has 5 nitrogen and oxygen atoms in total. The maximum atomic E-state index is 12.8. The molecule has 1 atom stereocenters. The maximum Gasteiger partial charge on any atom is 0.325 e. The topological polar surface area (TPSA) is 58.6 Å². The zero-order valence-corrected chi connectivity index (χ0v) is 12.6. The van der Waals surface area contributed by atoms with Crippen LogP contribution in [0.25, 0.3) is 0 Å². The van der Waals surface area contributed by atoms with Crippen molar-refractivity contribution in [1.29, 1.82) is 0 Å². The Morgan fingerprint density at radius 2 is 2.05 bits per heavy atom. The molecule has 1 aromatic rings. The lowest BCUT2D eigenvalue weighted by atomic mass is 9.98. The second kappa shape index (κ2) is 6.72. The van der Waals surface area contributed by atoms with Crippen LogP contribution in [-0.4, -0.2) is 42.5 Å². The van der Waals surface area contributed by atoms with Crippen molar-refractivity contribution in [1.82, 2.24) is 10.2 Å². The van der Waals surface area contributed by atoms with Gasteiger partial charge in [0.1, 0.15) is 6.54 Å². The Labute approximate surface area is 125 Å². The van der Waals surface area contributed by atoms with Gasteiger partial charge in [0.25, 0.3) is 0 Å². The SMILES string of the molecule is COC(=O)CN(Cc1ccccc1)C(=O)C1(C)CCCN1. The summed E-state index contributed by atoms with van der Waals surface area (Å²) in [5, 5.41) is 3.25. The smallest absolute Gasteiger partial charge is 0.325 e. The van der Waals surface area contributed by atoms with E-state index in [-0.39, 0.29) is 12.5 Å². The fourth-order valence-corrected chi connectivity index (χ4v) is 2.65. The molecule has 1 aliphatic rings. The normalized spacial score (nSPS) is 21.0. The second-order valence-corrected chi connectivity index (χ2v) is 5.59. The van der Waals surface area contributed by atoms with Crippen LogP contribution in [0.1, 0.15) is 25.3 Å². The van der Waals surface area contributed by atoms with Crippen LogP contribution >= 0.6 is 0 Å². The third-order valence-electron chi connectivity index (χ3n) is 3.89. The molecule has 1 saturated heterocycles. The van der Waals surface area contributed by atoms with Crippen molar-refractivity contribution in [3.05, 3.63) is 35.9 Å². The number of benzene rings is 1. The lowest BCUT2D eigenvalue weighted by Gasteiger charge is -2.31. The summed E-state index contributed by atoms with van der Waals surface area (Å²) in [5.74, 6) is -0.449. The van der Waals surface area contributed by atoms with Gasteiger partial charge in [-0.25, -0.2) is 0 Å². The fraction of sp³-hybridized carbons (Fsp3) is 0.500. The first kappa shape index (κ1) is 15.5. The fourth-order valence-electron chi connectivity index (χ4n) is 2.65. The molecule has 1 fully saturated rings. The van der Waals surface area contributed by atoms with Gasteiger partial charge in [-0.05, 0) is 31.9 Å². The number of carbonyl (C=O) groups excluding carboxylic acids is 2. The highest BCUT2D eigenvalue weighted by atomic mass is 16.5. The highest BCUT2D eigenvalue weighted by Crippen LogP contribution is 2.22. The lowest BCUT2D eigenvalue weighted by molar-refractivity contribution is -0.149. The Morgan fingerprint density at radius 3 is 2.62 bits per heavy atom. The van der Waals surface area contributed by atoms with Crippen molar-refractivity contribution in [2.45, 2.75) is 31.8 Å². The Bertz CT molecular complexity index is 496. The highest BCUT2D eigenvalue weighted by molar-refractivity contribution is 5.89. The van der Waals surface area contributed by atoms with Gasteiger partial charge in [-0.1, -0.05) is 30.3 Å². The van der Waals surface area contributed by atoms with Gasteiger partial charge in [0.15, 0.2) is 0 Å². The zero-order valence-electron chi connectivity index (χ0n) is 12.6. The lowest BCUT2D eigenvalue weighted by Crippen LogP contribution is -2.53. The Kier molecular flexibility index (Phi) is 4.96. The first-order valence-electron chi connectivity index (χ1n) is 7.20. The standard InChI is InChI=1S/C16H22N2O3/c1-16(9-6-10-17-16)15(20)18(12-14(19)21-2)11-13-7-4-3-5-8-13/h3-5,7-8,17H,6,9-12H2,1-2H3. The van der Waals surface area contributed by atoms with Crippen LogP contribution in [0.15, 0.2) is 30.3 Å². The van der Waals surface area contributed by atoms with Crippen LogP contribution in [0, 0.1) is 0 Å². The zero-order chi connectivity index (χ0) is 15.3. The summed E-state index contributed by atoms with van der Waals surface area (Å²) in [4.78, 5) is 25.9. The quantitative estimate of drug-likeness (QED) is 0.831. The van der Waals surface area contributed by atoms with E-state index in [0.29, 0.717) is 6.54 Å². The maximum absolute atomic E-state index is 12.8. The van der Waals surface area contributed by atoms with Crippen molar-refractivity contribution in [3.8, 4) is 0 Å². The van der Waals surface area contributed by atoms with Crippen molar-refractivity contribution in [3.63, 3.8) is 0 Å². The van der Waals surface area contributed by atoms with Gasteiger partial charge in [0, 0.05) is 6.54 Å². The Morgan fingerprint density at radius 1 is 1.33 bits per heavy atom. The minimum atomic E-state index is -0.581. The summed E-state index contributed by atoms with van der Waals surface area (Å²) in [6.45, 7) is 3.12. The number of carbonyl (C=O) groups is 2. The summed E-state index contributed by atoms with van der Waals surface area (Å²) in [6, 6.07) is 9.66. The minimum Gasteiger partial charge on any atom is -0.468 e. The Balaban J connectivity index is 2.15. The highest BCUT2D eigenvalue weighted by Gasteiger charge is 2.39. The molecule has 1 aromatic carbocycles. The Hall–Kier alpha value is -1.88. The molecule has 0 aromatic heterocycles. The van der Waals surface area contributed by atoms with Gasteiger partial charge >= 0.3 is 5.97 Å². The molecule has 114 valence electrons. The largest absolute Gasteiger partial charge is 0.468 e. The first-order chi connectivity index (χ1) is 10.0. The van der Waals surface area contributed by atoms with E-state index in [1.807, 2.05) is 37.3 Å². The van der Waals surface area contributed by atoms with E-state index in [1.165, 1.54) is 7.11 Å². The van der Waals surface area contributed by atoms with Crippen LogP contribution in [0.3, 0.4) is 0 Å². The van der Waals surface area contributed by atoms with Crippen molar-refractivity contribution < 1.29 is 14.3 Å². The number of nitrogens with one attached hydrogen (secondary N) is 1. The molecule has 21 heavy (non-hydrogen) atoms. The van der Waals surface area contributed by atoms with Crippen LogP contribution in [0.4, 0.5) is 0 Å². The summed E-state index contributed by atoms with van der Waals surface area (Å²) in [6.07, 6.45) is 1.76. The predicted octanol–water partition coefficient (Wildman–Crippen LogP) is 1.33. The van der Waals surface area contributed by atoms with Crippen LogP contribution in [-0.2, 0) is 20.9 Å². The second-order valence-electron chi connectivity index (χ2n) is 5.59. The summed E-state index contributed by atoms with van der Waals surface area (Å²) >= 11 is 0. The van der Waals surface area contributed by atoms with E-state index >= 15 is 0 Å². The number of esters is 1. The number of hydrogen-bond donors (Lipinski definition) is 1. The average Bonchev–Trinajstić information content (AvgIpc) is 2.94. The van der Waals surface area contributed by atoms with Gasteiger partial charge < -0.3 is 15.0 Å². The van der Waals surface area contributed by atoms with Gasteiger partial charge in [0.05, 0.1) is 12.6 Å². The molecule has 0 bridgehead atoms. The molecule has 0 radical (unpaired) electrons. The van der Waals surface area contributed by atoms with Crippen LogP contribution in [0.5, 0.6) is 0 Å². The summed E-state index contributed by atoms with van der Waals surface area (Å²) in [5.41, 5.74) is 0.416. The van der Waals surface area contributed by atoms with E-state index in [1.54, 1.807) is 4.90 Å². The van der Waals surface area contributed by atoms with E-state index in [2.05, 4.69) is 5.32 Å². The molecule has 1 aliphatic heterocycles. The molecule has 0 saturated carbocycles. The van der Waals surface area contributed by atoms with Crippen molar-refractivity contribution in [2.75, 3.05) is 20.2 Å². The third-order valence-corrected chi connectivity index (χ3v) is 3.89. The average molecular weight is 290 g/mol. The molecular weight excluding hydrogens is 268 g/mol. The first-order valence-corrected chi connectivity index (χ1v) is 7.20. The van der Waals surface area contributed by atoms with Crippen molar-refractivity contribution >= 4 is 11.9 Å². The molecule has 5 heteroatoms. The van der Waals surface area contributed by atoms with Gasteiger partial charge in [0.2, 0.25) is 5.91 Å². The summed E-state index contributed by atoms with van der Waals surface area (Å²) < 4.78 is 4.71. The number of amides is 1. The minimum absolute atomic E-state index is 0.0263. The monoisotopic (exact) mass is 290 g/mol. The van der Waals surface area contributed by atoms with E-state index in [9.17, 15) is 9.59 Å². The summed E-state index contributed by atoms with van der Waals surface area (Å²) in [7, 11) is 1.34. The molecule has 1 amide bonds. The van der Waals surface area contributed by atoms with E-state index in [0.717, 1.165) is 24.9 Å². The number of methoxy groups -OCH3 is 1. The van der Waals surface area contributed by atoms with Crippen LogP contribution < -0.4 is 5.32 Å². The van der Waals surface area contributed by atoms with Gasteiger partial charge in [-0.2, -0.15) is 0 Å². The molecule has 0 spiro atoms. The van der Waals surface area contributed by atoms with Crippen LogP contribution in [0.2, 0.25) is 0 Å². The molecule has 1 N–H and O–H groups in total. The molecule has 1 unspecified atom stereocenters. The molecular formula is C16H22N2O3. The molecule has 0 aliphatic carbocycles. The number of hydrogen-bond acceptors (Lipinski definition) is 4. The number of rotatable bonds is 5. The van der Waals surface area contributed by atoms with E-state index in [4.69, 9.17) is 4.74 Å². The predicted molar refractivity (Wildman–Crippen MR) is 79.5 cm³/mol.